The zero-order chi connectivity index (χ0) is 15.0. The normalized spacial score (nSPS) is 23.2. The van der Waals surface area contributed by atoms with Gasteiger partial charge in [0.15, 0.2) is 0 Å². The molecule has 1 aliphatic heterocycles. The summed E-state index contributed by atoms with van der Waals surface area (Å²) in [4.78, 5) is 4.88. The average Bonchev–Trinajstić information content (AvgIpc) is 2.51. The van der Waals surface area contributed by atoms with Crippen molar-refractivity contribution in [3.63, 3.8) is 0 Å². The Morgan fingerprint density at radius 3 is 2.57 bits per heavy atom. The Balaban J connectivity index is 1.98. The molecule has 2 N–H and O–H groups in total. The molecule has 3 rings (SSSR count). The van der Waals surface area contributed by atoms with E-state index in [1.165, 1.54) is 16.8 Å². The van der Waals surface area contributed by atoms with Gasteiger partial charge in [-0.3, -0.25) is 0 Å². The molecule has 1 aromatic rings. The molecular weight excluding hydrogens is 262 g/mol. The third kappa shape index (κ3) is 2.74. The predicted octanol–water partition coefficient (Wildman–Crippen LogP) is 1.53. The number of phenolic OH excluding ortho intramolecular Hbond substituents is 1. The van der Waals surface area contributed by atoms with Crippen molar-refractivity contribution in [3.8, 4) is 5.75 Å². The lowest BCUT2D eigenvalue weighted by Gasteiger charge is -2.37. The van der Waals surface area contributed by atoms with Gasteiger partial charge in [0.1, 0.15) is 5.75 Å². The van der Waals surface area contributed by atoms with Crippen molar-refractivity contribution >= 4 is 5.69 Å². The summed E-state index contributed by atoms with van der Waals surface area (Å²) in [6.45, 7) is 6.42. The molecule has 1 unspecified atom stereocenters. The van der Waals surface area contributed by atoms with Crippen LogP contribution in [0.3, 0.4) is 0 Å². The van der Waals surface area contributed by atoms with Gasteiger partial charge in [0.05, 0.1) is 0 Å². The lowest BCUT2D eigenvalue weighted by molar-refractivity contribution is 0.312. The number of benzene rings is 1. The number of phenols is 1. The van der Waals surface area contributed by atoms with Crippen molar-refractivity contribution < 1.29 is 5.11 Å². The zero-order valence-corrected chi connectivity index (χ0v) is 13.4. The minimum atomic E-state index is 0.525. The maximum absolute atomic E-state index is 10.4. The first kappa shape index (κ1) is 14.7. The summed E-state index contributed by atoms with van der Waals surface area (Å²) in [7, 11) is 4.23. The molecule has 4 nitrogen and oxygen atoms in total. The molecule has 1 fully saturated rings. The summed E-state index contributed by atoms with van der Waals surface area (Å²) in [5.74, 6) is 0.525. The van der Waals surface area contributed by atoms with Crippen LogP contribution in [0.5, 0.6) is 5.75 Å². The molecule has 1 aromatic carbocycles. The van der Waals surface area contributed by atoms with Crippen LogP contribution in [0.2, 0.25) is 0 Å². The van der Waals surface area contributed by atoms with Crippen LogP contribution >= 0.6 is 0 Å². The number of aromatic hydroxyl groups is 1. The summed E-state index contributed by atoms with van der Waals surface area (Å²) in [5.41, 5.74) is 4.93. The van der Waals surface area contributed by atoms with E-state index in [1.54, 1.807) is 0 Å². The first-order valence-electron chi connectivity index (χ1n) is 8.05. The maximum atomic E-state index is 10.4. The van der Waals surface area contributed by atoms with Gasteiger partial charge >= 0.3 is 0 Å². The lowest BCUT2D eigenvalue weighted by Crippen LogP contribution is -2.45. The molecule has 0 aromatic heterocycles. The Labute approximate surface area is 127 Å². The van der Waals surface area contributed by atoms with Crippen LogP contribution in [0.25, 0.3) is 0 Å². The molecule has 116 valence electrons. The van der Waals surface area contributed by atoms with Crippen molar-refractivity contribution in [3.05, 3.63) is 22.8 Å². The van der Waals surface area contributed by atoms with Crippen LogP contribution in [0.15, 0.2) is 6.07 Å². The van der Waals surface area contributed by atoms with Gasteiger partial charge in [-0.05, 0) is 63.0 Å². The quantitative estimate of drug-likeness (QED) is 0.866. The van der Waals surface area contributed by atoms with E-state index in [2.05, 4.69) is 28.2 Å². The van der Waals surface area contributed by atoms with E-state index in [-0.39, 0.29) is 0 Å². The first-order valence-corrected chi connectivity index (χ1v) is 8.05. The van der Waals surface area contributed by atoms with Gasteiger partial charge in [-0.15, -0.1) is 0 Å². The zero-order valence-electron chi connectivity index (χ0n) is 13.4. The van der Waals surface area contributed by atoms with E-state index < -0.39 is 0 Å². The molecule has 1 saturated heterocycles. The molecular formula is C17H27N3O. The van der Waals surface area contributed by atoms with Gasteiger partial charge in [-0.25, -0.2) is 0 Å². The predicted molar refractivity (Wildman–Crippen MR) is 87.4 cm³/mol. The average molecular weight is 289 g/mol. The minimum absolute atomic E-state index is 0.525. The molecule has 0 amide bonds. The second-order valence-electron chi connectivity index (χ2n) is 6.54. The molecule has 0 spiro atoms. The Morgan fingerprint density at radius 1 is 1.19 bits per heavy atom. The number of nitrogens with one attached hydrogen (secondary N) is 1. The highest BCUT2D eigenvalue weighted by Gasteiger charge is 2.27. The number of piperazine rings is 1. The van der Waals surface area contributed by atoms with Crippen molar-refractivity contribution in [1.82, 2.24) is 10.2 Å². The Morgan fingerprint density at radius 2 is 1.90 bits per heavy atom. The minimum Gasteiger partial charge on any atom is -0.507 e. The van der Waals surface area contributed by atoms with E-state index >= 15 is 0 Å². The Bertz CT molecular complexity index is 521. The molecule has 2 aliphatic rings. The maximum Gasteiger partial charge on any atom is 0.122 e. The van der Waals surface area contributed by atoms with Crippen molar-refractivity contribution in [1.29, 1.82) is 0 Å². The van der Waals surface area contributed by atoms with Gasteiger partial charge in [0.2, 0.25) is 0 Å². The van der Waals surface area contributed by atoms with Crippen molar-refractivity contribution in [2.45, 2.75) is 32.2 Å². The topological polar surface area (TPSA) is 38.7 Å². The summed E-state index contributed by atoms with van der Waals surface area (Å²) in [6.07, 6.45) is 3.12. The van der Waals surface area contributed by atoms with E-state index in [4.69, 9.17) is 0 Å². The highest BCUT2D eigenvalue weighted by molar-refractivity contribution is 5.64. The number of hydrogen-bond acceptors (Lipinski definition) is 4. The summed E-state index contributed by atoms with van der Waals surface area (Å²) >= 11 is 0. The second kappa shape index (κ2) is 5.85. The number of likely N-dealkylation sites (N-methyl/N-ethyl adjacent to an activating group) is 2. The number of anilines is 1. The third-order valence-corrected chi connectivity index (χ3v) is 5.13. The van der Waals surface area contributed by atoms with E-state index in [9.17, 15) is 5.11 Å². The number of hydrogen-bond donors (Lipinski definition) is 2. The molecule has 1 atom stereocenters. The number of fused-ring (bicyclic) bond motifs is 1. The Hall–Kier alpha value is -1.26. The third-order valence-electron chi connectivity index (χ3n) is 5.13. The van der Waals surface area contributed by atoms with Crippen LogP contribution < -0.4 is 10.2 Å². The second-order valence-corrected chi connectivity index (χ2v) is 6.54. The van der Waals surface area contributed by atoms with Gasteiger partial charge < -0.3 is 20.2 Å². The number of aryl methyl sites for hydroxylation is 1. The molecule has 4 heteroatoms. The highest BCUT2D eigenvalue weighted by Crippen LogP contribution is 2.38. The number of nitrogens with zero attached hydrogens (tertiary/aromatic N) is 2. The molecule has 21 heavy (non-hydrogen) atoms. The van der Waals surface area contributed by atoms with Gasteiger partial charge in [0.25, 0.3) is 0 Å². The van der Waals surface area contributed by atoms with Gasteiger partial charge in [0, 0.05) is 37.9 Å². The van der Waals surface area contributed by atoms with Crippen molar-refractivity contribution in [2.75, 3.05) is 45.2 Å². The largest absolute Gasteiger partial charge is 0.507 e. The summed E-state index contributed by atoms with van der Waals surface area (Å²) < 4.78 is 0. The fraction of sp³-hybridized carbons (Fsp3) is 0.647. The molecule has 1 heterocycles. The van der Waals surface area contributed by atoms with E-state index in [1.807, 2.05) is 14.0 Å². The van der Waals surface area contributed by atoms with Crippen molar-refractivity contribution in [2.24, 2.45) is 0 Å². The van der Waals surface area contributed by atoms with E-state index in [0.29, 0.717) is 11.8 Å². The fourth-order valence-corrected chi connectivity index (χ4v) is 3.64. The summed E-state index contributed by atoms with van der Waals surface area (Å²) in [5, 5.41) is 13.8. The molecule has 0 bridgehead atoms. The Kier molecular flexibility index (Phi) is 4.09. The smallest absolute Gasteiger partial charge is 0.122 e. The first-order chi connectivity index (χ1) is 10.1. The van der Waals surface area contributed by atoms with Crippen LogP contribution in [-0.4, -0.2) is 56.3 Å². The summed E-state index contributed by atoms with van der Waals surface area (Å²) in [6, 6.07) is 2.73. The van der Waals surface area contributed by atoms with Crippen LogP contribution in [-0.2, 0) is 12.8 Å². The van der Waals surface area contributed by atoms with E-state index in [0.717, 1.165) is 51.0 Å². The molecule has 0 saturated carbocycles. The van der Waals surface area contributed by atoms with Crippen LogP contribution in [0.4, 0.5) is 5.69 Å². The van der Waals surface area contributed by atoms with Gasteiger partial charge in [-0.2, -0.15) is 0 Å². The van der Waals surface area contributed by atoms with Crippen LogP contribution in [0.1, 0.15) is 23.1 Å². The van der Waals surface area contributed by atoms with Crippen LogP contribution in [0, 0.1) is 6.92 Å². The SMILES string of the molecule is CNC1CCc2c(O)c(C)cc(N3CCN(C)CC3)c2C1. The lowest BCUT2D eigenvalue weighted by atomic mass is 9.85. The molecule has 0 radical (unpaired) electrons. The monoisotopic (exact) mass is 289 g/mol. The highest BCUT2D eigenvalue weighted by atomic mass is 16.3. The molecule has 1 aliphatic carbocycles. The van der Waals surface area contributed by atoms with Gasteiger partial charge in [-0.1, -0.05) is 0 Å². The standard InChI is InChI=1S/C17H27N3O/c1-12-10-16(20-8-6-19(3)7-9-20)15-11-13(18-2)4-5-14(15)17(12)21/h10,13,18,21H,4-9,11H2,1-3H3. The number of rotatable bonds is 2. The fourth-order valence-electron chi connectivity index (χ4n) is 3.64.